The second-order valence-electron chi connectivity index (χ2n) is 11.9. The van der Waals surface area contributed by atoms with Gasteiger partial charge in [0.2, 0.25) is 0 Å². The van der Waals surface area contributed by atoms with Crippen molar-refractivity contribution in [2.45, 2.75) is 55.3 Å². The number of ether oxygens (including phenoxy) is 3. The summed E-state index contributed by atoms with van der Waals surface area (Å²) in [6, 6.07) is 0. The topological polar surface area (TPSA) is 255 Å². The van der Waals surface area contributed by atoms with Crippen LogP contribution in [-0.2, 0) is 48.7 Å². The minimum absolute atomic E-state index is 0.0647. The number of H-pyrrole nitrogens is 1. The van der Waals surface area contributed by atoms with Crippen LogP contribution < -0.4 is 11.3 Å². The molecule has 0 aromatic carbocycles. The van der Waals surface area contributed by atoms with Crippen LogP contribution in [-0.4, -0.2) is 98.2 Å². The van der Waals surface area contributed by atoms with E-state index in [1.54, 1.807) is 6.92 Å². The van der Waals surface area contributed by atoms with Crippen LogP contribution in [0.4, 0.5) is 5.82 Å². The van der Waals surface area contributed by atoms with Crippen LogP contribution in [0.3, 0.4) is 0 Å². The minimum Gasteiger partial charge on any atom is -0.382 e. The zero-order valence-corrected chi connectivity index (χ0v) is 26.2. The fourth-order valence-electron chi connectivity index (χ4n) is 6.80. The summed E-state index contributed by atoms with van der Waals surface area (Å²) in [4.78, 5) is 58.5. The fourth-order valence-corrected chi connectivity index (χ4v) is 9.30. The summed E-state index contributed by atoms with van der Waals surface area (Å²) in [7, 11) is -4.80. The average molecular weight is 698 g/mol. The van der Waals surface area contributed by atoms with Gasteiger partial charge in [0.05, 0.1) is 32.5 Å². The Morgan fingerprint density at radius 3 is 2.52 bits per heavy atom. The Morgan fingerprint density at radius 2 is 1.70 bits per heavy atom. The molecule has 0 spiro atoms. The van der Waals surface area contributed by atoms with E-state index in [1.807, 2.05) is 0 Å². The normalized spacial score (nSPS) is 42.0. The Morgan fingerprint density at radius 1 is 0.978 bits per heavy atom. The van der Waals surface area contributed by atoms with Crippen LogP contribution in [0, 0.1) is 12.8 Å². The van der Waals surface area contributed by atoms with E-state index in [1.165, 1.54) is 28.1 Å². The highest BCUT2D eigenvalue weighted by atomic mass is 32.5. The summed E-state index contributed by atoms with van der Waals surface area (Å²) in [6.07, 6.45) is -0.662. The lowest BCUT2D eigenvalue weighted by Gasteiger charge is -2.33. The molecule has 3 unspecified atom stereocenters. The zero-order chi connectivity index (χ0) is 31.8. The minimum atomic E-state index is -4.80. The number of fused-ring (bicyclic) bond motifs is 2. The van der Waals surface area contributed by atoms with E-state index in [9.17, 15) is 19.1 Å². The van der Waals surface area contributed by atoms with E-state index >= 15 is 0 Å². The molecule has 4 saturated heterocycles. The summed E-state index contributed by atoms with van der Waals surface area (Å²) in [6.45, 7) is -3.40. The molecule has 1 saturated carbocycles. The summed E-state index contributed by atoms with van der Waals surface area (Å²) in [5.41, 5.74) is 3.79. The van der Waals surface area contributed by atoms with Gasteiger partial charge in [-0.25, -0.2) is 29.5 Å². The maximum atomic E-state index is 13.5. The first-order valence-corrected chi connectivity index (χ1v) is 18.1. The molecule has 4 aromatic rings. The largest absolute Gasteiger partial charge is 0.472 e. The maximum absolute atomic E-state index is 13.5. The van der Waals surface area contributed by atoms with Gasteiger partial charge in [-0.1, -0.05) is 0 Å². The molecule has 8 heterocycles. The van der Waals surface area contributed by atoms with Crippen molar-refractivity contribution in [1.82, 2.24) is 39.0 Å². The third-order valence-electron chi connectivity index (χ3n) is 9.02. The fraction of sp³-hybridized carbons (Fsp3) is 0.565. The first-order valence-electron chi connectivity index (χ1n) is 14.0. The van der Waals surface area contributed by atoms with Gasteiger partial charge < -0.3 is 43.8 Å². The molecule has 5 fully saturated rings. The second kappa shape index (κ2) is 9.65. The highest BCUT2D eigenvalue weighted by Crippen LogP contribution is 2.66. The summed E-state index contributed by atoms with van der Waals surface area (Å²) < 4.78 is 58.5. The Bertz CT molecular complexity index is 2090. The van der Waals surface area contributed by atoms with Crippen molar-refractivity contribution in [1.29, 1.82) is 0 Å². The van der Waals surface area contributed by atoms with Crippen molar-refractivity contribution in [3.8, 4) is 0 Å². The quantitative estimate of drug-likeness (QED) is 0.200. The number of nitrogen functional groups attached to an aromatic ring is 1. The van der Waals surface area contributed by atoms with Crippen molar-refractivity contribution in [2.75, 3.05) is 25.6 Å². The summed E-state index contributed by atoms with van der Waals surface area (Å²) in [5, 5.41) is 0. The lowest BCUT2D eigenvalue weighted by Crippen LogP contribution is -2.46. The monoisotopic (exact) mass is 697 g/mol. The van der Waals surface area contributed by atoms with E-state index in [-0.39, 0.29) is 30.2 Å². The third kappa shape index (κ3) is 4.32. The van der Waals surface area contributed by atoms with Gasteiger partial charge in [0.15, 0.2) is 35.1 Å². The summed E-state index contributed by atoms with van der Waals surface area (Å²) in [5.74, 6) is 0.0575. The molecule has 1 aliphatic carbocycles. The number of hydrogen-bond donors (Lipinski definition) is 4. The number of phosphoric acid groups is 1. The second-order valence-corrected chi connectivity index (χ2v) is 16.1. The van der Waals surface area contributed by atoms with E-state index in [4.69, 9.17) is 49.8 Å². The lowest BCUT2D eigenvalue weighted by atomic mass is 10.0. The number of anilines is 1. The first-order chi connectivity index (χ1) is 21.9. The SMILES string of the molecule is Cc1nc2c(ncn2[C@@H]2OC34COP(=O)(O)O[C@H]5[C@H]6OC[C@]5(COP(O)(=S)O[C@@H]2[C@@H]3C4)O[C@H]6n2cnc3c(N)ncnc32)c(=O)[nH]1. The summed E-state index contributed by atoms with van der Waals surface area (Å²) >= 11 is 5.46. The van der Waals surface area contributed by atoms with E-state index in [2.05, 4.69) is 29.9 Å². The Balaban J connectivity index is 1.07. The lowest BCUT2D eigenvalue weighted by molar-refractivity contribution is -0.183. The van der Waals surface area contributed by atoms with E-state index < -0.39 is 74.6 Å². The molecular formula is C23H25N9O11P2S. The average Bonchev–Trinajstić information content (AvgIpc) is 3.48. The molecule has 9 rings (SSSR count). The number of hydrogen-bond acceptors (Lipinski definition) is 16. The van der Waals surface area contributed by atoms with Crippen molar-refractivity contribution >= 4 is 54.5 Å². The number of nitrogens with one attached hydrogen (secondary N) is 1. The number of phosphoric ester groups is 1. The van der Waals surface area contributed by atoms with Crippen molar-refractivity contribution in [2.24, 2.45) is 5.92 Å². The number of imidazole rings is 2. The molecular weight excluding hydrogens is 672 g/mol. The predicted octanol–water partition coefficient (Wildman–Crippen LogP) is -0.0616. The standard InChI is InChI=1S/C23H25N9O11P2S/c1-9-29-18-12(19(33)30-9)28-8-32(18)20-13-10-2-22(10,40-20)4-38-44(34,35)43-15-14-21(31-7-27-11-16(24)25-6-26-17(11)31)41-23(15,3-37-14)5-39-45(36,46)42-13/h6-8,10,13-15,20-21H,2-5H2,1H3,(H,34,35)(H,36,46)(H2,24,25,26)(H,29,30,33)/t10-,13+,14+,15-,20+,21+,22?,23+,45?/m0/s1. The molecule has 46 heavy (non-hydrogen) atoms. The zero-order valence-electron chi connectivity index (χ0n) is 23.6. The smallest absolute Gasteiger partial charge is 0.382 e. The van der Waals surface area contributed by atoms with Crippen LogP contribution >= 0.6 is 14.5 Å². The van der Waals surface area contributed by atoms with Gasteiger partial charge in [0.25, 0.3) is 5.56 Å². The Kier molecular flexibility index (Phi) is 6.16. The van der Waals surface area contributed by atoms with Crippen LogP contribution in [0.1, 0.15) is 24.7 Å². The van der Waals surface area contributed by atoms with E-state index in [0.717, 1.165) is 0 Å². The number of nitrogens with two attached hydrogens (primary N) is 1. The van der Waals surface area contributed by atoms with Gasteiger partial charge >= 0.3 is 14.5 Å². The van der Waals surface area contributed by atoms with Gasteiger partial charge in [-0.2, -0.15) is 0 Å². The molecule has 23 heteroatoms. The highest BCUT2D eigenvalue weighted by molar-refractivity contribution is 8.07. The molecule has 0 radical (unpaired) electrons. The molecule has 4 aliphatic heterocycles. The molecule has 20 nitrogen and oxygen atoms in total. The van der Waals surface area contributed by atoms with Crippen LogP contribution in [0.15, 0.2) is 23.8 Å². The number of aryl methyl sites for hydroxylation is 1. The molecule has 5 N–H and O–H groups in total. The first kappa shape index (κ1) is 29.4. The van der Waals surface area contributed by atoms with Crippen LogP contribution in [0.2, 0.25) is 0 Å². The van der Waals surface area contributed by atoms with Gasteiger partial charge in [-0.15, -0.1) is 0 Å². The molecule has 244 valence electrons. The number of nitrogens with zero attached hydrogens (tertiary/aromatic N) is 7. The molecule has 10 atom stereocenters. The Labute approximate surface area is 262 Å². The molecule has 0 amide bonds. The van der Waals surface area contributed by atoms with Crippen molar-refractivity contribution < 1.29 is 46.7 Å². The van der Waals surface area contributed by atoms with E-state index in [0.29, 0.717) is 23.4 Å². The van der Waals surface area contributed by atoms with Crippen LogP contribution in [0.5, 0.6) is 0 Å². The number of rotatable bonds is 2. The highest BCUT2D eigenvalue weighted by Gasteiger charge is 2.71. The van der Waals surface area contributed by atoms with Crippen LogP contribution in [0.25, 0.3) is 22.3 Å². The molecule has 4 aromatic heterocycles. The van der Waals surface area contributed by atoms with Gasteiger partial charge in [0, 0.05) is 5.92 Å². The van der Waals surface area contributed by atoms with Gasteiger partial charge in [-0.05, 0) is 25.2 Å². The number of aromatic amines is 1. The van der Waals surface area contributed by atoms with Gasteiger partial charge in [-0.3, -0.25) is 23.0 Å². The molecule has 5 aliphatic rings. The molecule has 4 bridgehead atoms. The maximum Gasteiger partial charge on any atom is 0.472 e. The van der Waals surface area contributed by atoms with Crippen molar-refractivity contribution in [3.05, 3.63) is 35.2 Å². The number of aromatic nitrogens is 8. The predicted molar refractivity (Wildman–Crippen MR) is 154 cm³/mol. The van der Waals surface area contributed by atoms with Gasteiger partial charge in [0.1, 0.15) is 47.2 Å². The third-order valence-corrected chi connectivity index (χ3v) is 11.5. The van der Waals surface area contributed by atoms with Crippen molar-refractivity contribution in [3.63, 3.8) is 0 Å². The Hall–Kier alpha value is -2.78.